The van der Waals surface area contributed by atoms with Crippen molar-refractivity contribution >= 4 is 5.95 Å². The predicted molar refractivity (Wildman–Crippen MR) is 69.0 cm³/mol. The Bertz CT molecular complexity index is 531. The van der Waals surface area contributed by atoms with E-state index in [4.69, 9.17) is 0 Å². The van der Waals surface area contributed by atoms with E-state index in [2.05, 4.69) is 14.9 Å². The largest absolute Gasteiger partial charge is 0.353 e. The molecule has 3 nitrogen and oxygen atoms in total. The Balaban J connectivity index is 1.63. The second kappa shape index (κ2) is 4.80. The number of hydrogen-bond donors (Lipinski definition) is 1. The molecule has 0 saturated heterocycles. The van der Waals surface area contributed by atoms with Crippen LogP contribution in [0.25, 0.3) is 0 Å². The Morgan fingerprint density at radius 2 is 2.28 bits per heavy atom. The fraction of sp³-hybridized carbons (Fsp3) is 0.357. The van der Waals surface area contributed by atoms with Crippen molar-refractivity contribution < 1.29 is 4.39 Å². The summed E-state index contributed by atoms with van der Waals surface area (Å²) < 4.78 is 15.1. The van der Waals surface area contributed by atoms with Crippen LogP contribution >= 0.6 is 0 Å². The van der Waals surface area contributed by atoms with Gasteiger partial charge in [-0.25, -0.2) is 9.37 Å². The van der Waals surface area contributed by atoms with E-state index in [9.17, 15) is 4.39 Å². The summed E-state index contributed by atoms with van der Waals surface area (Å²) in [6.45, 7) is 0.818. The van der Waals surface area contributed by atoms with E-state index in [0.29, 0.717) is 6.04 Å². The van der Waals surface area contributed by atoms with Crippen LogP contribution in [0.15, 0.2) is 36.7 Å². The average molecular weight is 245 g/mol. The highest BCUT2D eigenvalue weighted by molar-refractivity contribution is 5.30. The Morgan fingerprint density at radius 3 is 3.06 bits per heavy atom. The number of nitrogens with one attached hydrogen (secondary N) is 1. The van der Waals surface area contributed by atoms with E-state index in [-0.39, 0.29) is 5.82 Å². The summed E-state index contributed by atoms with van der Waals surface area (Å²) in [5.41, 5.74) is 1.01. The number of halogens is 1. The van der Waals surface area contributed by atoms with Gasteiger partial charge in [0.25, 0.3) is 0 Å². The molecule has 0 amide bonds. The Labute approximate surface area is 106 Å². The molecule has 1 fully saturated rings. The molecule has 94 valence electrons. The average Bonchev–Trinajstić information content (AvgIpc) is 3.05. The number of imidazole rings is 1. The number of rotatable bonds is 5. The van der Waals surface area contributed by atoms with Crippen molar-refractivity contribution in [2.45, 2.75) is 31.8 Å². The number of benzene rings is 1. The van der Waals surface area contributed by atoms with Crippen LogP contribution in [0.3, 0.4) is 0 Å². The zero-order valence-electron chi connectivity index (χ0n) is 10.1. The molecule has 2 aromatic rings. The first-order chi connectivity index (χ1) is 8.81. The molecular weight excluding hydrogens is 229 g/mol. The highest BCUT2D eigenvalue weighted by Gasteiger charge is 2.22. The minimum absolute atomic E-state index is 0.172. The van der Waals surface area contributed by atoms with E-state index < -0.39 is 0 Å². The smallest absolute Gasteiger partial charge is 0.202 e. The topological polar surface area (TPSA) is 29.9 Å². The molecule has 0 spiro atoms. The first kappa shape index (κ1) is 11.3. The lowest BCUT2D eigenvalue weighted by molar-refractivity contribution is 0.622. The summed E-state index contributed by atoms with van der Waals surface area (Å²) in [6, 6.07) is 7.36. The van der Waals surface area contributed by atoms with Gasteiger partial charge in [-0.2, -0.15) is 0 Å². The molecule has 4 heteroatoms. The molecule has 1 heterocycles. The van der Waals surface area contributed by atoms with Crippen LogP contribution in [0, 0.1) is 5.82 Å². The summed E-state index contributed by atoms with van der Waals surface area (Å²) in [4.78, 5) is 4.30. The van der Waals surface area contributed by atoms with Crippen molar-refractivity contribution in [1.29, 1.82) is 0 Å². The molecule has 1 aromatic heterocycles. The van der Waals surface area contributed by atoms with Gasteiger partial charge in [-0.15, -0.1) is 0 Å². The molecular formula is C14H16FN3. The van der Waals surface area contributed by atoms with E-state index in [1.165, 1.54) is 18.9 Å². The second-order valence-corrected chi connectivity index (χ2v) is 4.74. The fourth-order valence-electron chi connectivity index (χ4n) is 1.98. The number of anilines is 1. The van der Waals surface area contributed by atoms with Gasteiger partial charge < -0.3 is 9.88 Å². The summed E-state index contributed by atoms with van der Waals surface area (Å²) >= 11 is 0. The Hall–Kier alpha value is -1.84. The van der Waals surface area contributed by atoms with Gasteiger partial charge in [0.05, 0.1) is 0 Å². The summed E-state index contributed by atoms with van der Waals surface area (Å²) in [7, 11) is 0. The Morgan fingerprint density at radius 1 is 1.39 bits per heavy atom. The lowest BCUT2D eigenvalue weighted by Crippen LogP contribution is -2.10. The lowest BCUT2D eigenvalue weighted by atomic mass is 10.1. The molecule has 0 aliphatic heterocycles. The number of nitrogens with zero attached hydrogens (tertiary/aromatic N) is 2. The van der Waals surface area contributed by atoms with Gasteiger partial charge in [0.15, 0.2) is 0 Å². The maximum Gasteiger partial charge on any atom is 0.202 e. The zero-order valence-corrected chi connectivity index (χ0v) is 10.1. The second-order valence-electron chi connectivity index (χ2n) is 4.74. The minimum Gasteiger partial charge on any atom is -0.353 e. The molecule has 0 radical (unpaired) electrons. The predicted octanol–water partition coefficient (Wildman–Crippen LogP) is 2.84. The maximum atomic E-state index is 13.1. The monoisotopic (exact) mass is 245 g/mol. The zero-order chi connectivity index (χ0) is 12.4. The maximum absolute atomic E-state index is 13.1. The van der Waals surface area contributed by atoms with Crippen molar-refractivity contribution in [2.24, 2.45) is 0 Å². The molecule has 1 N–H and O–H groups in total. The van der Waals surface area contributed by atoms with Gasteiger partial charge in [-0.05, 0) is 37.0 Å². The molecule has 1 saturated carbocycles. The third kappa shape index (κ3) is 2.70. The van der Waals surface area contributed by atoms with Crippen LogP contribution in [0.2, 0.25) is 0 Å². The first-order valence-electron chi connectivity index (χ1n) is 6.33. The molecule has 1 aromatic carbocycles. The first-order valence-corrected chi connectivity index (χ1v) is 6.33. The van der Waals surface area contributed by atoms with Crippen molar-refractivity contribution in [2.75, 3.05) is 5.32 Å². The normalized spacial score (nSPS) is 14.7. The van der Waals surface area contributed by atoms with Crippen molar-refractivity contribution in [1.82, 2.24) is 9.55 Å². The van der Waals surface area contributed by atoms with Crippen LogP contribution in [0.4, 0.5) is 10.3 Å². The van der Waals surface area contributed by atoms with Gasteiger partial charge in [0.2, 0.25) is 5.95 Å². The van der Waals surface area contributed by atoms with Gasteiger partial charge >= 0.3 is 0 Å². The van der Waals surface area contributed by atoms with Gasteiger partial charge in [-0.1, -0.05) is 12.1 Å². The van der Waals surface area contributed by atoms with Crippen molar-refractivity contribution in [3.63, 3.8) is 0 Å². The Kier molecular flexibility index (Phi) is 3.00. The third-order valence-electron chi connectivity index (χ3n) is 3.16. The van der Waals surface area contributed by atoms with Crippen LogP contribution in [-0.2, 0) is 13.0 Å². The van der Waals surface area contributed by atoms with Crippen LogP contribution in [-0.4, -0.2) is 15.6 Å². The van der Waals surface area contributed by atoms with Crippen LogP contribution in [0.1, 0.15) is 18.4 Å². The number of aromatic nitrogens is 2. The van der Waals surface area contributed by atoms with E-state index in [1.54, 1.807) is 18.3 Å². The summed E-state index contributed by atoms with van der Waals surface area (Å²) in [5, 5.41) is 3.39. The fourth-order valence-corrected chi connectivity index (χ4v) is 1.98. The molecule has 18 heavy (non-hydrogen) atoms. The van der Waals surface area contributed by atoms with Gasteiger partial charge in [-0.3, -0.25) is 0 Å². The quantitative estimate of drug-likeness (QED) is 0.877. The van der Waals surface area contributed by atoms with Crippen LogP contribution in [0.5, 0.6) is 0 Å². The lowest BCUT2D eigenvalue weighted by Gasteiger charge is -2.09. The van der Waals surface area contributed by atoms with Crippen molar-refractivity contribution in [3.8, 4) is 0 Å². The molecule has 1 aliphatic carbocycles. The highest BCUT2D eigenvalue weighted by atomic mass is 19.1. The molecule has 0 atom stereocenters. The summed E-state index contributed by atoms with van der Waals surface area (Å²) in [5.74, 6) is 0.753. The molecule has 1 aliphatic rings. The molecule has 0 bridgehead atoms. The third-order valence-corrected chi connectivity index (χ3v) is 3.16. The van der Waals surface area contributed by atoms with E-state index in [0.717, 1.165) is 24.5 Å². The van der Waals surface area contributed by atoms with Crippen LogP contribution < -0.4 is 5.32 Å². The van der Waals surface area contributed by atoms with E-state index in [1.807, 2.05) is 12.3 Å². The minimum atomic E-state index is -0.172. The molecule has 3 rings (SSSR count). The van der Waals surface area contributed by atoms with Gasteiger partial charge in [0.1, 0.15) is 5.82 Å². The standard InChI is InChI=1S/C14H16FN3/c15-12-3-1-2-11(10-12)6-8-18-9-7-16-14(18)17-13-4-5-13/h1-3,7,9-10,13H,4-6,8H2,(H,16,17). The number of hydrogen-bond acceptors (Lipinski definition) is 2. The number of aryl methyl sites for hydroxylation is 2. The molecule has 0 unspecified atom stereocenters. The van der Waals surface area contributed by atoms with Crippen molar-refractivity contribution in [3.05, 3.63) is 48.0 Å². The highest BCUT2D eigenvalue weighted by Crippen LogP contribution is 2.23. The summed E-state index contributed by atoms with van der Waals surface area (Å²) in [6.07, 6.45) is 7.04. The van der Waals surface area contributed by atoms with E-state index >= 15 is 0 Å². The van der Waals surface area contributed by atoms with Gasteiger partial charge in [0, 0.05) is 25.0 Å². The SMILES string of the molecule is Fc1cccc(CCn2ccnc2NC2CC2)c1.